The van der Waals surface area contributed by atoms with Crippen LogP contribution in [0, 0.1) is 64.7 Å². The van der Waals surface area contributed by atoms with E-state index in [1.807, 2.05) is 69.4 Å². The maximum absolute atomic E-state index is 11.2. The summed E-state index contributed by atoms with van der Waals surface area (Å²) in [5.74, 6) is -0.611. The monoisotopic (exact) mass is 582 g/mol. The van der Waals surface area contributed by atoms with Crippen molar-refractivity contribution < 1.29 is 50.1 Å². The summed E-state index contributed by atoms with van der Waals surface area (Å²) in [5, 5.41) is 20.0. The number of methoxy groups -OCH3 is 1. The topological polar surface area (TPSA) is 107 Å². The Balaban J connectivity index is -0.000000613. The Labute approximate surface area is 195 Å². The molecular formula is C23H26O6W+2. The van der Waals surface area contributed by atoms with Gasteiger partial charge in [0.15, 0.2) is 0 Å². The van der Waals surface area contributed by atoms with Gasteiger partial charge in [-0.3, -0.25) is 4.79 Å². The van der Waals surface area contributed by atoms with Gasteiger partial charge < -0.3 is 14.9 Å². The van der Waals surface area contributed by atoms with Crippen molar-refractivity contribution in [3.8, 4) is 0 Å². The number of rotatable bonds is 7. The van der Waals surface area contributed by atoms with Gasteiger partial charge in [0.2, 0.25) is 0 Å². The summed E-state index contributed by atoms with van der Waals surface area (Å²) < 4.78 is 19.5. The van der Waals surface area contributed by atoms with Crippen molar-refractivity contribution in [3.05, 3.63) is 101 Å². The van der Waals surface area contributed by atoms with E-state index < -0.39 is 18.2 Å². The average Bonchev–Trinajstić information content (AvgIpc) is 3.36. The van der Waals surface area contributed by atoms with Gasteiger partial charge in [0, 0.05) is 18.8 Å². The molecule has 1 aromatic rings. The second-order valence-corrected chi connectivity index (χ2v) is 5.72. The van der Waals surface area contributed by atoms with Crippen molar-refractivity contribution in [2.45, 2.75) is 31.5 Å². The molecule has 0 aromatic heterocycles. The molecule has 1 aliphatic carbocycles. The summed E-state index contributed by atoms with van der Waals surface area (Å²) in [5.41, 5.74) is 0.999. The van der Waals surface area contributed by atoms with E-state index in [0.717, 1.165) is 5.56 Å². The third kappa shape index (κ3) is 15.6. The van der Waals surface area contributed by atoms with Crippen LogP contribution in [0.5, 0.6) is 0 Å². The summed E-state index contributed by atoms with van der Waals surface area (Å²) in [6.45, 7) is 14.4. The Morgan fingerprint density at radius 1 is 1.07 bits per heavy atom. The molecule has 7 heteroatoms. The van der Waals surface area contributed by atoms with Crippen LogP contribution < -0.4 is 0 Å². The minimum absolute atomic E-state index is 0. The first kappa shape index (κ1) is 33.4. The molecule has 30 heavy (non-hydrogen) atoms. The molecule has 0 bridgehead atoms. The van der Waals surface area contributed by atoms with Crippen molar-refractivity contribution >= 4 is 5.97 Å². The first-order valence-electron chi connectivity index (χ1n) is 8.56. The predicted molar refractivity (Wildman–Crippen MR) is 106 cm³/mol. The largest absolute Gasteiger partial charge is 2.00 e. The fourth-order valence-electron chi connectivity index (χ4n) is 2.25. The van der Waals surface area contributed by atoms with Crippen molar-refractivity contribution in [2.24, 2.45) is 0 Å². The molecule has 0 amide bonds. The number of ether oxygens (including phenoxy) is 1. The van der Waals surface area contributed by atoms with Gasteiger partial charge in [-0.2, -0.15) is 0 Å². The van der Waals surface area contributed by atoms with E-state index >= 15 is 0 Å². The average molecular weight is 582 g/mol. The van der Waals surface area contributed by atoms with E-state index in [4.69, 9.17) is 9.30 Å². The van der Waals surface area contributed by atoms with Crippen LogP contribution in [0.4, 0.5) is 0 Å². The van der Waals surface area contributed by atoms with Gasteiger partial charge in [-0.05, 0) is 44.6 Å². The molecule has 0 aliphatic heterocycles. The molecule has 6 nitrogen and oxygen atoms in total. The van der Waals surface area contributed by atoms with Crippen molar-refractivity contribution in [2.75, 3.05) is 7.11 Å². The second kappa shape index (κ2) is 22.5. The normalized spacial score (nSPS) is 14.6. The Kier molecular flexibility index (Phi) is 25.0. The number of carbonyl (C=O) groups excluding carboxylic acids is 1. The second-order valence-electron chi connectivity index (χ2n) is 5.72. The summed E-state index contributed by atoms with van der Waals surface area (Å²) >= 11 is 0. The van der Waals surface area contributed by atoms with Crippen LogP contribution in [-0.4, -0.2) is 35.5 Å². The van der Waals surface area contributed by atoms with Crippen LogP contribution in [0.15, 0.2) is 30.3 Å². The number of carbonyl (C=O) groups is 1. The number of hydrogen-bond donors (Lipinski definition) is 2. The van der Waals surface area contributed by atoms with Crippen LogP contribution in [0.3, 0.4) is 0 Å². The number of benzene rings is 1. The van der Waals surface area contributed by atoms with Gasteiger partial charge >= 0.3 is 49.6 Å². The summed E-state index contributed by atoms with van der Waals surface area (Å²) in [7, 11) is 1.25. The number of esters is 1. The van der Waals surface area contributed by atoms with Crippen molar-refractivity contribution in [1.29, 1.82) is 0 Å². The van der Waals surface area contributed by atoms with E-state index in [2.05, 4.69) is 25.0 Å². The zero-order chi connectivity index (χ0) is 22.7. The first-order valence-corrected chi connectivity index (χ1v) is 8.56. The van der Waals surface area contributed by atoms with Gasteiger partial charge in [-0.15, -0.1) is 0 Å². The van der Waals surface area contributed by atoms with Crippen LogP contribution >= 0.6 is 0 Å². The summed E-state index contributed by atoms with van der Waals surface area (Å²) in [6, 6.07) is 9.57. The van der Waals surface area contributed by atoms with E-state index in [9.17, 15) is 15.0 Å². The van der Waals surface area contributed by atoms with Gasteiger partial charge in [0.05, 0.1) is 25.2 Å². The predicted octanol–water partition coefficient (Wildman–Crippen LogP) is 2.63. The number of aliphatic hydroxyl groups is 2. The van der Waals surface area contributed by atoms with Gasteiger partial charge in [-0.1, -0.05) is 37.3 Å². The first-order chi connectivity index (χ1) is 14.0. The molecule has 1 saturated carbocycles. The Morgan fingerprint density at radius 2 is 1.50 bits per heavy atom. The van der Waals surface area contributed by atoms with E-state index in [0.29, 0.717) is 0 Å². The maximum atomic E-state index is 11.2. The molecule has 0 heterocycles. The standard InChI is InChI=1S/C16H21O4.C5H5.2CO.W/c1-11(16(19)20-3)9-14(17)10-15(18)12(2)13-7-5-4-6-8-13;1-2-4-5-3-1;2*1-2;/h4-9,12,14-15,17-18H,1,10H2,2-3H3;1-5H;;;/q;;;;+2/t12?,14-,15+;;;;/m0..../s1. The molecule has 1 fully saturated rings. The Bertz CT molecular complexity index is 543. The van der Waals surface area contributed by atoms with Crippen LogP contribution in [-0.2, 0) is 39.9 Å². The fourth-order valence-corrected chi connectivity index (χ4v) is 2.25. The zero-order valence-electron chi connectivity index (χ0n) is 16.9. The third-order valence-electron chi connectivity index (χ3n) is 3.78. The SMILES string of the molecule is [C-]#[O+].[C-]#[O+].[CH2][C]([CH][C@H](O)C[C@@H](O)C(C)c1ccccc1)C(=O)OC.[CH]1[CH][CH][CH][CH]1.[W+2]. The maximum Gasteiger partial charge on any atom is 2.00 e. The molecule has 0 spiro atoms. The third-order valence-corrected chi connectivity index (χ3v) is 3.78. The Hall–Kier alpha value is -1.22. The van der Waals surface area contributed by atoms with Crippen LogP contribution in [0.1, 0.15) is 24.8 Å². The minimum Gasteiger partial charge on any atom is -0.469 e. The smallest absolute Gasteiger partial charge is 0.469 e. The molecule has 1 aliphatic rings. The summed E-state index contributed by atoms with van der Waals surface area (Å²) in [6.07, 6.45) is 9.77. The zero-order valence-corrected chi connectivity index (χ0v) is 19.9. The van der Waals surface area contributed by atoms with Gasteiger partial charge in [0.1, 0.15) is 0 Å². The molecule has 1 unspecified atom stereocenters. The molecule has 3 atom stereocenters. The van der Waals surface area contributed by atoms with Crippen LogP contribution in [0.2, 0.25) is 0 Å². The van der Waals surface area contributed by atoms with E-state index in [1.54, 1.807) is 0 Å². The molecule has 158 valence electrons. The van der Waals surface area contributed by atoms with E-state index in [1.165, 1.54) is 13.5 Å². The van der Waals surface area contributed by atoms with Gasteiger partial charge in [-0.25, -0.2) is 0 Å². The van der Waals surface area contributed by atoms with Crippen LogP contribution in [0.25, 0.3) is 0 Å². The molecule has 2 N–H and O–H groups in total. The van der Waals surface area contributed by atoms with Crippen molar-refractivity contribution in [1.82, 2.24) is 0 Å². The minimum atomic E-state index is -0.942. The van der Waals surface area contributed by atoms with E-state index in [-0.39, 0.29) is 39.3 Å². The molecule has 1 aromatic carbocycles. The number of aliphatic hydroxyl groups excluding tert-OH is 2. The quantitative estimate of drug-likeness (QED) is 0.293. The summed E-state index contributed by atoms with van der Waals surface area (Å²) in [4.78, 5) is 11.2. The molecule has 8 radical (unpaired) electrons. The molecular weight excluding hydrogens is 556 g/mol. The van der Waals surface area contributed by atoms with Gasteiger partial charge in [0.25, 0.3) is 0 Å². The molecule has 2 rings (SSSR count). The van der Waals surface area contributed by atoms with Crippen molar-refractivity contribution in [3.63, 3.8) is 0 Å². The fraction of sp³-hybridized carbons (Fsp3) is 0.261. The Morgan fingerprint density at radius 3 is 1.90 bits per heavy atom. The number of hydrogen-bond acceptors (Lipinski definition) is 4. The molecule has 0 saturated heterocycles.